The van der Waals surface area contributed by atoms with Crippen LogP contribution in [0.5, 0.6) is 28.7 Å². The monoisotopic (exact) mass is 418 g/mol. The van der Waals surface area contributed by atoms with Crippen molar-refractivity contribution in [1.82, 2.24) is 0 Å². The summed E-state index contributed by atoms with van der Waals surface area (Å²) >= 11 is 0. The molecule has 160 valence electrons. The lowest BCUT2D eigenvalue weighted by atomic mass is 9.92. The van der Waals surface area contributed by atoms with Crippen LogP contribution in [0.25, 0.3) is 11.6 Å². The fourth-order valence-electron chi connectivity index (χ4n) is 4.04. The highest BCUT2D eigenvalue weighted by Gasteiger charge is 2.24. The highest BCUT2D eigenvalue weighted by Crippen LogP contribution is 2.44. The first-order chi connectivity index (χ1) is 15.1. The Bertz CT molecular complexity index is 1130. The van der Waals surface area contributed by atoms with Gasteiger partial charge in [-0.1, -0.05) is 12.1 Å². The Morgan fingerprint density at radius 3 is 1.84 bits per heavy atom. The molecule has 3 aromatic carbocycles. The van der Waals surface area contributed by atoms with E-state index >= 15 is 0 Å². The van der Waals surface area contributed by atoms with Crippen LogP contribution in [-0.2, 0) is 6.42 Å². The summed E-state index contributed by atoms with van der Waals surface area (Å²) in [7, 11) is 8.36. The smallest absolute Gasteiger partial charge is 0.130 e. The summed E-state index contributed by atoms with van der Waals surface area (Å²) in [5, 5.41) is 0. The predicted molar refractivity (Wildman–Crippen MR) is 122 cm³/mol. The largest absolute Gasteiger partial charge is 0.497 e. The van der Waals surface area contributed by atoms with Gasteiger partial charge in [0.15, 0.2) is 0 Å². The maximum Gasteiger partial charge on any atom is 0.130 e. The Labute approximate surface area is 182 Å². The SMILES string of the molecule is COc1ccc(C2=Cc3cc(OC)cc(OC)c3Cc3cc(OC)cc(OC)c32)cc1. The van der Waals surface area contributed by atoms with Gasteiger partial charge in [0.2, 0.25) is 0 Å². The fraction of sp³-hybridized carbons (Fsp3) is 0.231. The second-order valence-corrected chi connectivity index (χ2v) is 7.22. The number of hydrogen-bond donors (Lipinski definition) is 0. The van der Waals surface area contributed by atoms with Crippen LogP contribution in [0.2, 0.25) is 0 Å². The fourth-order valence-corrected chi connectivity index (χ4v) is 4.04. The number of hydrogen-bond acceptors (Lipinski definition) is 5. The van der Waals surface area contributed by atoms with Gasteiger partial charge in [0.05, 0.1) is 35.5 Å². The van der Waals surface area contributed by atoms with Gasteiger partial charge >= 0.3 is 0 Å². The number of rotatable bonds is 6. The zero-order chi connectivity index (χ0) is 22.0. The molecule has 5 nitrogen and oxygen atoms in total. The molecular formula is C26H26O5. The minimum atomic E-state index is 0.668. The van der Waals surface area contributed by atoms with Crippen LogP contribution in [0.1, 0.15) is 27.8 Å². The molecule has 0 N–H and O–H groups in total. The molecule has 1 aliphatic carbocycles. The molecule has 0 unspecified atom stereocenters. The minimum absolute atomic E-state index is 0.668. The molecule has 0 aromatic heterocycles. The number of fused-ring (bicyclic) bond motifs is 2. The summed E-state index contributed by atoms with van der Waals surface area (Å²) in [6.45, 7) is 0. The molecule has 0 fully saturated rings. The third kappa shape index (κ3) is 3.79. The van der Waals surface area contributed by atoms with E-state index in [1.165, 1.54) is 0 Å². The number of benzene rings is 3. The lowest BCUT2D eigenvalue weighted by molar-refractivity contribution is 0.390. The molecule has 0 saturated heterocycles. The van der Waals surface area contributed by atoms with Crippen LogP contribution in [0, 0.1) is 0 Å². The Kier molecular flexibility index (Phi) is 5.76. The van der Waals surface area contributed by atoms with Crippen molar-refractivity contribution in [3.8, 4) is 28.7 Å². The Morgan fingerprint density at radius 2 is 1.23 bits per heavy atom. The molecule has 31 heavy (non-hydrogen) atoms. The van der Waals surface area contributed by atoms with E-state index in [-0.39, 0.29) is 0 Å². The van der Waals surface area contributed by atoms with E-state index in [1.807, 2.05) is 30.3 Å². The zero-order valence-electron chi connectivity index (χ0n) is 18.4. The van der Waals surface area contributed by atoms with Crippen LogP contribution >= 0.6 is 0 Å². The van der Waals surface area contributed by atoms with Crippen molar-refractivity contribution in [3.63, 3.8) is 0 Å². The van der Waals surface area contributed by atoms with E-state index in [1.54, 1.807) is 35.5 Å². The van der Waals surface area contributed by atoms with Gasteiger partial charge in [-0.3, -0.25) is 0 Å². The summed E-state index contributed by atoms with van der Waals surface area (Å²) in [6, 6.07) is 16.0. The van der Waals surface area contributed by atoms with Gasteiger partial charge in [0.25, 0.3) is 0 Å². The van der Waals surface area contributed by atoms with Gasteiger partial charge in [0, 0.05) is 29.7 Å². The van der Waals surface area contributed by atoms with E-state index in [0.29, 0.717) is 6.42 Å². The molecule has 5 heteroatoms. The van der Waals surface area contributed by atoms with Crippen molar-refractivity contribution in [2.45, 2.75) is 6.42 Å². The van der Waals surface area contributed by atoms with Crippen molar-refractivity contribution < 1.29 is 23.7 Å². The quantitative estimate of drug-likeness (QED) is 0.429. The molecule has 0 bridgehead atoms. The van der Waals surface area contributed by atoms with Crippen molar-refractivity contribution in [2.75, 3.05) is 35.5 Å². The molecule has 0 spiro atoms. The molecule has 4 rings (SSSR count). The number of ether oxygens (including phenoxy) is 5. The molecule has 0 heterocycles. The lowest BCUT2D eigenvalue weighted by Crippen LogP contribution is -2.01. The lowest BCUT2D eigenvalue weighted by Gasteiger charge is -2.18. The van der Waals surface area contributed by atoms with Gasteiger partial charge in [0.1, 0.15) is 28.7 Å². The van der Waals surface area contributed by atoms with Crippen LogP contribution in [0.3, 0.4) is 0 Å². The first-order valence-corrected chi connectivity index (χ1v) is 9.98. The minimum Gasteiger partial charge on any atom is -0.497 e. The van der Waals surface area contributed by atoms with Crippen LogP contribution < -0.4 is 23.7 Å². The van der Waals surface area contributed by atoms with Gasteiger partial charge in [-0.2, -0.15) is 0 Å². The van der Waals surface area contributed by atoms with Crippen molar-refractivity contribution in [2.24, 2.45) is 0 Å². The van der Waals surface area contributed by atoms with E-state index in [9.17, 15) is 0 Å². The first kappa shape index (κ1) is 20.7. The van der Waals surface area contributed by atoms with Gasteiger partial charge in [-0.25, -0.2) is 0 Å². The summed E-state index contributed by atoms with van der Waals surface area (Å²) in [6.07, 6.45) is 2.84. The van der Waals surface area contributed by atoms with E-state index in [4.69, 9.17) is 23.7 Å². The third-order valence-electron chi connectivity index (χ3n) is 5.62. The zero-order valence-corrected chi connectivity index (χ0v) is 18.4. The van der Waals surface area contributed by atoms with Crippen molar-refractivity contribution >= 4 is 11.6 Å². The van der Waals surface area contributed by atoms with Crippen LogP contribution in [0.15, 0.2) is 48.5 Å². The van der Waals surface area contributed by atoms with Gasteiger partial charge in [-0.05, 0) is 52.6 Å². The third-order valence-corrected chi connectivity index (χ3v) is 5.62. The maximum absolute atomic E-state index is 5.81. The Hall–Kier alpha value is -3.60. The average Bonchev–Trinajstić information content (AvgIpc) is 2.99. The van der Waals surface area contributed by atoms with Crippen LogP contribution in [0.4, 0.5) is 0 Å². The molecular weight excluding hydrogens is 392 g/mol. The molecule has 3 aromatic rings. The molecule has 0 radical (unpaired) electrons. The topological polar surface area (TPSA) is 46.2 Å². The van der Waals surface area contributed by atoms with E-state index in [2.05, 4.69) is 24.3 Å². The summed E-state index contributed by atoms with van der Waals surface area (Å²) in [5.74, 6) is 3.85. The van der Waals surface area contributed by atoms with Crippen LogP contribution in [-0.4, -0.2) is 35.5 Å². The Balaban J connectivity index is 2.04. The molecule has 0 saturated carbocycles. The van der Waals surface area contributed by atoms with Gasteiger partial charge in [-0.15, -0.1) is 0 Å². The first-order valence-electron chi connectivity index (χ1n) is 9.98. The van der Waals surface area contributed by atoms with Crippen molar-refractivity contribution in [1.29, 1.82) is 0 Å². The van der Waals surface area contributed by atoms with Gasteiger partial charge < -0.3 is 23.7 Å². The average molecular weight is 418 g/mol. The van der Waals surface area contributed by atoms with Crippen molar-refractivity contribution in [3.05, 3.63) is 76.3 Å². The van der Waals surface area contributed by atoms with E-state index in [0.717, 1.165) is 62.1 Å². The maximum atomic E-state index is 5.81. The molecule has 1 aliphatic rings. The second-order valence-electron chi connectivity index (χ2n) is 7.22. The Morgan fingerprint density at radius 1 is 0.613 bits per heavy atom. The normalized spacial score (nSPS) is 12.1. The second kappa shape index (κ2) is 8.64. The highest BCUT2D eigenvalue weighted by atomic mass is 16.5. The molecule has 0 atom stereocenters. The highest BCUT2D eigenvalue weighted by molar-refractivity contribution is 5.97. The molecule has 0 amide bonds. The number of methoxy groups -OCH3 is 5. The summed E-state index contributed by atoms with van der Waals surface area (Å²) in [5.41, 5.74) is 6.36. The molecule has 0 aliphatic heterocycles. The summed E-state index contributed by atoms with van der Waals surface area (Å²) in [4.78, 5) is 0. The summed E-state index contributed by atoms with van der Waals surface area (Å²) < 4.78 is 27.9. The standard InChI is InChI=1S/C26H26O5/c1-27-19-8-6-16(7-9-19)23-12-17-10-20(28-2)14-24(30-4)22(17)13-18-11-21(29-3)15-25(31-5)26(18)23/h6-12,14-15H,13H2,1-5H3. The predicted octanol–water partition coefficient (Wildman–Crippen LogP) is 5.22. The van der Waals surface area contributed by atoms with E-state index < -0.39 is 0 Å².